The van der Waals surface area contributed by atoms with Gasteiger partial charge in [-0.15, -0.1) is 0 Å². The molecular weight excluding hydrogens is 374 g/mol. The predicted octanol–water partition coefficient (Wildman–Crippen LogP) is 1.79. The van der Waals surface area contributed by atoms with E-state index in [0.29, 0.717) is 50.6 Å². The van der Waals surface area contributed by atoms with E-state index in [4.69, 9.17) is 4.74 Å². The minimum atomic E-state index is -0.406. The number of aromatic nitrogens is 1. The van der Waals surface area contributed by atoms with Gasteiger partial charge in [-0.2, -0.15) is 0 Å². The van der Waals surface area contributed by atoms with Gasteiger partial charge in [0, 0.05) is 57.1 Å². The molecule has 0 atom stereocenters. The SMILES string of the molecule is O=C(c1ccc(N2CCN(c3ccccn3)CC2)c([N+](=O)[O-])c1)N1CCOCC1. The van der Waals surface area contributed by atoms with Crippen LogP contribution >= 0.6 is 0 Å². The summed E-state index contributed by atoms with van der Waals surface area (Å²) in [6, 6.07) is 10.6. The maximum atomic E-state index is 12.7. The smallest absolute Gasteiger partial charge is 0.293 e. The van der Waals surface area contributed by atoms with Gasteiger partial charge in [0.05, 0.1) is 18.1 Å². The maximum Gasteiger partial charge on any atom is 0.293 e. The van der Waals surface area contributed by atoms with Crippen LogP contribution in [-0.2, 0) is 4.74 Å². The third-order valence-electron chi connectivity index (χ3n) is 5.31. The van der Waals surface area contributed by atoms with Gasteiger partial charge in [-0.3, -0.25) is 14.9 Å². The van der Waals surface area contributed by atoms with Gasteiger partial charge in [0.1, 0.15) is 11.5 Å². The number of nitro groups is 1. The molecule has 0 spiro atoms. The molecule has 2 aliphatic rings. The minimum Gasteiger partial charge on any atom is -0.378 e. The molecule has 9 heteroatoms. The van der Waals surface area contributed by atoms with Crippen LogP contribution in [0.4, 0.5) is 17.2 Å². The topological polar surface area (TPSA) is 92.0 Å². The average molecular weight is 397 g/mol. The average Bonchev–Trinajstić information content (AvgIpc) is 2.79. The zero-order chi connectivity index (χ0) is 20.2. The van der Waals surface area contributed by atoms with Gasteiger partial charge in [0.25, 0.3) is 11.6 Å². The number of pyridine rings is 1. The number of nitrogens with zero attached hydrogens (tertiary/aromatic N) is 5. The zero-order valence-corrected chi connectivity index (χ0v) is 16.1. The van der Waals surface area contributed by atoms with Crippen molar-refractivity contribution in [2.24, 2.45) is 0 Å². The Hall–Kier alpha value is -3.20. The van der Waals surface area contributed by atoms with Gasteiger partial charge < -0.3 is 19.4 Å². The Kier molecular flexibility index (Phi) is 5.57. The van der Waals surface area contributed by atoms with Crippen molar-refractivity contribution in [3.8, 4) is 0 Å². The van der Waals surface area contributed by atoms with Gasteiger partial charge in [0.2, 0.25) is 0 Å². The van der Waals surface area contributed by atoms with Crippen molar-refractivity contribution in [1.29, 1.82) is 0 Å². The molecule has 0 saturated carbocycles. The van der Waals surface area contributed by atoms with Crippen LogP contribution in [0.15, 0.2) is 42.6 Å². The summed E-state index contributed by atoms with van der Waals surface area (Å²) in [5, 5.41) is 11.7. The van der Waals surface area contributed by atoms with Crippen LogP contribution in [0.1, 0.15) is 10.4 Å². The number of hydrogen-bond donors (Lipinski definition) is 0. The number of rotatable bonds is 4. The lowest BCUT2D eigenvalue weighted by Crippen LogP contribution is -2.47. The number of carbonyl (C=O) groups excluding carboxylic acids is 1. The second kappa shape index (κ2) is 8.44. The Morgan fingerprint density at radius 1 is 1.00 bits per heavy atom. The molecule has 2 aliphatic heterocycles. The maximum absolute atomic E-state index is 12.7. The molecule has 1 aromatic heterocycles. The fraction of sp³-hybridized carbons (Fsp3) is 0.400. The van der Waals surface area contributed by atoms with Crippen molar-refractivity contribution in [2.75, 3.05) is 62.3 Å². The second-order valence-corrected chi connectivity index (χ2v) is 7.03. The van der Waals surface area contributed by atoms with E-state index in [2.05, 4.69) is 9.88 Å². The summed E-state index contributed by atoms with van der Waals surface area (Å²) in [6.45, 7) is 4.74. The number of carbonyl (C=O) groups is 1. The summed E-state index contributed by atoms with van der Waals surface area (Å²) in [5.41, 5.74) is 0.860. The third kappa shape index (κ3) is 4.14. The third-order valence-corrected chi connectivity index (χ3v) is 5.31. The number of ether oxygens (including phenoxy) is 1. The van der Waals surface area contributed by atoms with E-state index in [-0.39, 0.29) is 11.6 Å². The Morgan fingerprint density at radius 2 is 1.72 bits per heavy atom. The zero-order valence-electron chi connectivity index (χ0n) is 16.1. The van der Waals surface area contributed by atoms with Crippen molar-refractivity contribution in [3.05, 3.63) is 58.3 Å². The lowest BCUT2D eigenvalue weighted by Gasteiger charge is -2.36. The van der Waals surface area contributed by atoms with E-state index in [9.17, 15) is 14.9 Å². The summed E-state index contributed by atoms with van der Waals surface area (Å²) in [5.74, 6) is 0.719. The van der Waals surface area contributed by atoms with E-state index in [1.54, 1.807) is 23.2 Å². The Morgan fingerprint density at radius 3 is 2.38 bits per heavy atom. The van der Waals surface area contributed by atoms with Crippen molar-refractivity contribution in [3.63, 3.8) is 0 Å². The lowest BCUT2D eigenvalue weighted by molar-refractivity contribution is -0.384. The number of piperazine rings is 1. The van der Waals surface area contributed by atoms with Gasteiger partial charge in [-0.1, -0.05) is 6.07 Å². The molecule has 0 bridgehead atoms. The molecule has 1 aromatic carbocycles. The van der Waals surface area contributed by atoms with Crippen LogP contribution in [0.3, 0.4) is 0 Å². The molecule has 152 valence electrons. The largest absolute Gasteiger partial charge is 0.378 e. The molecule has 0 radical (unpaired) electrons. The molecule has 1 amide bonds. The van der Waals surface area contributed by atoms with Crippen LogP contribution in [0.5, 0.6) is 0 Å². The normalized spacial score (nSPS) is 17.3. The molecule has 3 heterocycles. The highest BCUT2D eigenvalue weighted by Gasteiger charge is 2.27. The van der Waals surface area contributed by atoms with Crippen LogP contribution in [0, 0.1) is 10.1 Å². The van der Waals surface area contributed by atoms with E-state index < -0.39 is 4.92 Å². The number of hydrogen-bond acceptors (Lipinski definition) is 7. The lowest BCUT2D eigenvalue weighted by atomic mass is 10.1. The van der Waals surface area contributed by atoms with Crippen molar-refractivity contribution in [1.82, 2.24) is 9.88 Å². The molecule has 2 fully saturated rings. The molecule has 2 saturated heterocycles. The van der Waals surface area contributed by atoms with Gasteiger partial charge in [0.15, 0.2) is 0 Å². The summed E-state index contributed by atoms with van der Waals surface area (Å²) in [7, 11) is 0. The standard InChI is InChI=1S/C20H23N5O4/c26-20(24-11-13-29-14-12-24)16-4-5-17(18(15-16)25(27)28)22-7-9-23(10-8-22)19-3-1-2-6-21-19/h1-6,15H,7-14H2. The van der Waals surface area contributed by atoms with Crippen molar-refractivity contribution in [2.45, 2.75) is 0 Å². The van der Waals surface area contributed by atoms with Crippen LogP contribution in [0.25, 0.3) is 0 Å². The number of nitro benzene ring substituents is 1. The van der Waals surface area contributed by atoms with Gasteiger partial charge in [-0.25, -0.2) is 4.98 Å². The minimum absolute atomic E-state index is 0.0320. The van der Waals surface area contributed by atoms with Crippen LogP contribution in [-0.4, -0.2) is 73.2 Å². The molecule has 4 rings (SSSR count). The van der Waals surface area contributed by atoms with E-state index in [0.717, 1.165) is 18.9 Å². The van der Waals surface area contributed by atoms with Gasteiger partial charge >= 0.3 is 0 Å². The molecule has 0 aliphatic carbocycles. The highest BCUT2D eigenvalue weighted by atomic mass is 16.6. The molecule has 9 nitrogen and oxygen atoms in total. The first-order chi connectivity index (χ1) is 14.1. The molecule has 0 N–H and O–H groups in total. The first-order valence-corrected chi connectivity index (χ1v) is 9.70. The number of amides is 1. The Bertz CT molecular complexity index is 878. The number of benzene rings is 1. The summed E-state index contributed by atoms with van der Waals surface area (Å²) in [6.07, 6.45) is 1.76. The van der Waals surface area contributed by atoms with Gasteiger partial charge in [-0.05, 0) is 24.3 Å². The summed E-state index contributed by atoms with van der Waals surface area (Å²) >= 11 is 0. The predicted molar refractivity (Wildman–Crippen MR) is 108 cm³/mol. The Labute approximate surface area is 168 Å². The quantitative estimate of drug-likeness (QED) is 0.574. The second-order valence-electron chi connectivity index (χ2n) is 7.03. The highest BCUT2D eigenvalue weighted by Crippen LogP contribution is 2.31. The van der Waals surface area contributed by atoms with Crippen molar-refractivity contribution < 1.29 is 14.5 Å². The molecular formula is C20H23N5O4. The number of anilines is 2. The van der Waals surface area contributed by atoms with Crippen LogP contribution < -0.4 is 9.80 Å². The number of morpholine rings is 1. The van der Waals surface area contributed by atoms with E-state index >= 15 is 0 Å². The highest BCUT2D eigenvalue weighted by molar-refractivity contribution is 5.96. The first-order valence-electron chi connectivity index (χ1n) is 9.70. The summed E-state index contributed by atoms with van der Waals surface area (Å²) < 4.78 is 5.27. The molecule has 2 aromatic rings. The first kappa shape index (κ1) is 19.1. The van der Waals surface area contributed by atoms with E-state index in [1.807, 2.05) is 23.1 Å². The van der Waals surface area contributed by atoms with E-state index in [1.165, 1.54) is 6.07 Å². The fourth-order valence-corrected chi connectivity index (χ4v) is 3.74. The van der Waals surface area contributed by atoms with Crippen LogP contribution in [0.2, 0.25) is 0 Å². The summed E-state index contributed by atoms with van der Waals surface area (Å²) in [4.78, 5) is 34.2. The fourth-order valence-electron chi connectivity index (χ4n) is 3.74. The Balaban J connectivity index is 1.50. The monoisotopic (exact) mass is 397 g/mol. The molecule has 0 unspecified atom stereocenters. The van der Waals surface area contributed by atoms with Crippen molar-refractivity contribution >= 4 is 23.1 Å². The molecule has 29 heavy (non-hydrogen) atoms.